The van der Waals surface area contributed by atoms with Gasteiger partial charge in [0, 0.05) is 20.0 Å². The molecule has 0 aliphatic carbocycles. The van der Waals surface area contributed by atoms with Crippen molar-refractivity contribution in [2.24, 2.45) is 0 Å². The number of hydrogen-bond donors (Lipinski definition) is 3. The number of rotatable bonds is 16. The molecule has 3 N–H and O–H groups in total. The summed E-state index contributed by atoms with van der Waals surface area (Å²) in [6.45, 7) is 0.680. The maximum atomic E-state index is 13.0. The zero-order valence-corrected chi connectivity index (χ0v) is 24.9. The number of carbonyl (C=O) groups excluding carboxylic acids is 5. The Morgan fingerprint density at radius 3 is 1.98 bits per heavy atom. The van der Waals surface area contributed by atoms with E-state index in [0.717, 1.165) is 29.7 Å². The topological polar surface area (TPSA) is 143 Å². The van der Waals surface area contributed by atoms with Crippen molar-refractivity contribution in [2.75, 3.05) is 33.3 Å². The number of nitrogens with one attached hydrogen (secondary N) is 3. The van der Waals surface area contributed by atoms with Gasteiger partial charge >= 0.3 is 18.2 Å². The summed E-state index contributed by atoms with van der Waals surface area (Å²) < 4.78 is 60.7. The van der Waals surface area contributed by atoms with Crippen LogP contribution in [0.1, 0.15) is 42.9 Å². The van der Waals surface area contributed by atoms with Gasteiger partial charge in [0.1, 0.15) is 31.6 Å². The number of esters is 1. The maximum absolute atomic E-state index is 13.0. The number of nitrogens with zero attached hydrogens (tertiary/aromatic N) is 1. The molecule has 0 aromatic heterocycles. The quantitative estimate of drug-likeness (QED) is 0.145. The Morgan fingerprint density at radius 1 is 0.844 bits per heavy atom. The Hall–Kier alpha value is -4.69. The van der Waals surface area contributed by atoms with Gasteiger partial charge in [0.05, 0.1) is 12.7 Å². The fraction of sp³-hybridized carbons (Fsp3) is 0.433. The summed E-state index contributed by atoms with van der Waals surface area (Å²) in [6.07, 6.45) is -4.10. The van der Waals surface area contributed by atoms with Crippen molar-refractivity contribution < 1.29 is 51.0 Å². The monoisotopic (exact) mass is 640 g/mol. The maximum Gasteiger partial charge on any atom is 0.416 e. The minimum absolute atomic E-state index is 0.135. The smallest absolute Gasteiger partial charge is 0.416 e. The number of halogens is 4. The number of alkyl carbamates (subject to hydrolysis) is 1. The Bertz CT molecular complexity index is 1290. The van der Waals surface area contributed by atoms with Crippen molar-refractivity contribution in [3.8, 4) is 0 Å². The van der Waals surface area contributed by atoms with E-state index in [9.17, 15) is 41.5 Å². The molecule has 2 rings (SSSR count). The number of methoxy groups -OCH3 is 1. The third kappa shape index (κ3) is 14.1. The molecule has 0 heterocycles. The molecular formula is C30H36F4N4O7. The van der Waals surface area contributed by atoms with Gasteiger partial charge in [-0.15, -0.1) is 0 Å². The van der Waals surface area contributed by atoms with Crippen molar-refractivity contribution in [2.45, 2.75) is 51.4 Å². The highest BCUT2D eigenvalue weighted by molar-refractivity contribution is 5.88. The molecule has 0 saturated heterocycles. The van der Waals surface area contributed by atoms with Gasteiger partial charge in [-0.1, -0.05) is 24.3 Å². The van der Waals surface area contributed by atoms with Gasteiger partial charge in [-0.05, 0) is 61.1 Å². The molecular weight excluding hydrogens is 604 g/mol. The average molecular weight is 641 g/mol. The van der Waals surface area contributed by atoms with Crippen LogP contribution in [0.3, 0.4) is 0 Å². The third-order valence-electron chi connectivity index (χ3n) is 6.43. The molecule has 0 bridgehead atoms. The van der Waals surface area contributed by atoms with Crippen LogP contribution in [-0.2, 0) is 47.9 Å². The van der Waals surface area contributed by atoms with Crippen LogP contribution in [0.4, 0.5) is 22.4 Å². The summed E-state index contributed by atoms with van der Waals surface area (Å²) in [6, 6.07) is 8.83. The Balaban J connectivity index is 1.69. The van der Waals surface area contributed by atoms with Crippen LogP contribution in [0, 0.1) is 5.82 Å². The highest BCUT2D eigenvalue weighted by Crippen LogP contribution is 2.29. The molecule has 0 radical (unpaired) electrons. The number of ether oxygens (including phenoxy) is 2. The molecule has 4 amide bonds. The van der Waals surface area contributed by atoms with Gasteiger partial charge in [0.25, 0.3) is 0 Å². The van der Waals surface area contributed by atoms with Gasteiger partial charge in [0.2, 0.25) is 17.7 Å². The number of alkyl halides is 3. The van der Waals surface area contributed by atoms with E-state index in [1.807, 2.05) is 0 Å². The van der Waals surface area contributed by atoms with E-state index in [0.29, 0.717) is 24.8 Å². The number of carbonyl (C=O) groups is 5. The zero-order valence-electron chi connectivity index (χ0n) is 24.9. The Labute approximate surface area is 257 Å². The summed E-state index contributed by atoms with van der Waals surface area (Å²) >= 11 is 0. The van der Waals surface area contributed by atoms with E-state index in [1.165, 1.54) is 31.2 Å². The van der Waals surface area contributed by atoms with E-state index in [-0.39, 0.29) is 45.0 Å². The first kappa shape index (κ1) is 36.5. The van der Waals surface area contributed by atoms with Gasteiger partial charge in [-0.2, -0.15) is 13.2 Å². The van der Waals surface area contributed by atoms with Gasteiger partial charge < -0.3 is 30.3 Å². The fourth-order valence-electron chi connectivity index (χ4n) is 3.95. The molecule has 0 aliphatic heterocycles. The van der Waals surface area contributed by atoms with Crippen molar-refractivity contribution in [1.82, 2.24) is 20.9 Å². The first-order valence-electron chi connectivity index (χ1n) is 14.0. The molecule has 0 spiro atoms. The molecule has 0 fully saturated rings. The van der Waals surface area contributed by atoms with Crippen molar-refractivity contribution in [1.29, 1.82) is 0 Å². The minimum Gasteiger partial charge on any atom is -0.467 e. The largest absolute Gasteiger partial charge is 0.467 e. The molecule has 1 atom stereocenters. The molecule has 0 aliphatic rings. The second-order valence-electron chi connectivity index (χ2n) is 9.94. The van der Waals surface area contributed by atoms with Crippen LogP contribution < -0.4 is 16.0 Å². The summed E-state index contributed by atoms with van der Waals surface area (Å²) in [4.78, 5) is 61.9. The highest BCUT2D eigenvalue weighted by Gasteiger charge is 2.30. The van der Waals surface area contributed by atoms with Crippen molar-refractivity contribution >= 4 is 29.8 Å². The van der Waals surface area contributed by atoms with E-state index >= 15 is 0 Å². The summed E-state index contributed by atoms with van der Waals surface area (Å²) in [5.41, 5.74) is 0.298. The van der Waals surface area contributed by atoms with Gasteiger partial charge in [0.15, 0.2) is 0 Å². The lowest BCUT2D eigenvalue weighted by Gasteiger charge is -2.20. The second-order valence-corrected chi connectivity index (χ2v) is 9.94. The van der Waals surface area contributed by atoms with Gasteiger partial charge in [-0.25, -0.2) is 14.0 Å². The lowest BCUT2D eigenvalue weighted by Crippen LogP contribution is -2.45. The molecule has 2 aromatic rings. The molecule has 15 heteroatoms. The predicted molar refractivity (Wildman–Crippen MR) is 153 cm³/mol. The molecule has 11 nitrogen and oxygen atoms in total. The van der Waals surface area contributed by atoms with E-state index in [1.54, 1.807) is 12.1 Å². The normalized spacial score (nSPS) is 11.6. The van der Waals surface area contributed by atoms with Crippen molar-refractivity contribution in [3.63, 3.8) is 0 Å². The molecule has 0 saturated carbocycles. The SMILES string of the molecule is COC(=O)[C@H](CCCCNC(=O)CN(CC(=O)NCCc1ccc(F)cc1)C(C)=O)NC(=O)OCc1ccc(C(F)(F)F)cc1. The predicted octanol–water partition coefficient (Wildman–Crippen LogP) is 3.11. The van der Waals surface area contributed by atoms with Crippen LogP contribution in [0.25, 0.3) is 0 Å². The zero-order chi connectivity index (χ0) is 33.4. The van der Waals surface area contributed by atoms with Crippen molar-refractivity contribution in [3.05, 3.63) is 71.0 Å². The first-order valence-corrected chi connectivity index (χ1v) is 14.0. The van der Waals surface area contributed by atoms with E-state index < -0.39 is 47.6 Å². The van der Waals surface area contributed by atoms with Crippen LogP contribution in [-0.4, -0.2) is 74.0 Å². The molecule has 0 unspecified atom stereocenters. The molecule has 45 heavy (non-hydrogen) atoms. The Kier molecular flexibility index (Phi) is 14.8. The number of hydrogen-bond acceptors (Lipinski definition) is 7. The van der Waals surface area contributed by atoms with Crippen LogP contribution >= 0.6 is 0 Å². The van der Waals surface area contributed by atoms with Crippen LogP contribution in [0.15, 0.2) is 48.5 Å². The van der Waals surface area contributed by atoms with Crippen LogP contribution in [0.5, 0.6) is 0 Å². The minimum atomic E-state index is -4.49. The average Bonchev–Trinajstić information content (AvgIpc) is 2.99. The lowest BCUT2D eigenvalue weighted by atomic mass is 10.1. The van der Waals surface area contributed by atoms with Gasteiger partial charge in [-0.3, -0.25) is 14.4 Å². The number of unbranched alkanes of at least 4 members (excludes halogenated alkanes) is 1. The standard InChI is InChI=1S/C30H36F4N4O7/c1-20(39)38(18-27(41)36-16-14-21-8-12-24(31)13-9-21)17-26(40)35-15-4-3-5-25(28(42)44-2)37-29(43)45-19-22-6-10-23(11-7-22)30(32,33)34/h6-13,25H,3-5,14-19H2,1-2H3,(H,35,40)(H,36,41)(H,37,43)/t25-/m0/s1. The van der Waals surface area contributed by atoms with E-state index in [4.69, 9.17) is 9.47 Å². The van der Waals surface area contributed by atoms with Crippen LogP contribution in [0.2, 0.25) is 0 Å². The summed E-state index contributed by atoms with van der Waals surface area (Å²) in [5, 5.41) is 7.63. The lowest BCUT2D eigenvalue weighted by molar-refractivity contribution is -0.143. The second kappa shape index (κ2) is 18.2. The Morgan fingerprint density at radius 2 is 1.42 bits per heavy atom. The first-order chi connectivity index (χ1) is 21.3. The number of benzene rings is 2. The fourth-order valence-corrected chi connectivity index (χ4v) is 3.95. The summed E-state index contributed by atoms with van der Waals surface area (Å²) in [5.74, 6) is -2.54. The highest BCUT2D eigenvalue weighted by atomic mass is 19.4. The number of amides is 4. The third-order valence-corrected chi connectivity index (χ3v) is 6.43. The van der Waals surface area contributed by atoms with E-state index in [2.05, 4.69) is 16.0 Å². The molecule has 2 aromatic carbocycles. The molecule has 246 valence electrons. The summed E-state index contributed by atoms with van der Waals surface area (Å²) in [7, 11) is 1.14.